The summed E-state index contributed by atoms with van der Waals surface area (Å²) in [5.41, 5.74) is 1.50. The Hall–Kier alpha value is -2.74. The van der Waals surface area contributed by atoms with Gasteiger partial charge >= 0.3 is 0 Å². The first-order valence-corrected chi connectivity index (χ1v) is 9.58. The monoisotopic (exact) mass is 359 g/mol. The number of carbonyl (C=O) groups excluding carboxylic acids is 2. The lowest BCUT2D eigenvalue weighted by atomic mass is 10.1. The second kappa shape index (κ2) is 7.02. The molecule has 1 aliphatic rings. The molecule has 7 nitrogen and oxygen atoms in total. The molecule has 8 heteroatoms. The summed E-state index contributed by atoms with van der Waals surface area (Å²) in [6.45, 7) is 0. The van der Waals surface area contributed by atoms with Gasteiger partial charge in [-0.2, -0.15) is 0 Å². The van der Waals surface area contributed by atoms with E-state index in [0.717, 1.165) is 0 Å². The topological polar surface area (TPSA) is 105 Å². The molecule has 2 amide bonds. The number of nitrogens with zero attached hydrogens (tertiary/aromatic N) is 1. The summed E-state index contributed by atoms with van der Waals surface area (Å²) in [4.78, 5) is 28.2. The van der Waals surface area contributed by atoms with E-state index in [4.69, 9.17) is 0 Å². The van der Waals surface area contributed by atoms with Gasteiger partial charge in [-0.25, -0.2) is 8.42 Å². The number of anilines is 2. The number of sulfone groups is 1. The Bertz CT molecular complexity index is 897. The molecular weight excluding hydrogens is 342 g/mol. The summed E-state index contributed by atoms with van der Waals surface area (Å²) >= 11 is 0. The third-order valence-corrected chi connectivity index (χ3v) is 5.70. The number of rotatable bonds is 4. The highest BCUT2D eigenvalue weighted by molar-refractivity contribution is 7.91. The van der Waals surface area contributed by atoms with Crippen LogP contribution >= 0.6 is 0 Å². The summed E-state index contributed by atoms with van der Waals surface area (Å²) < 4.78 is 23.0. The highest BCUT2D eigenvalue weighted by Gasteiger charge is 2.32. The first kappa shape index (κ1) is 17.1. The molecule has 25 heavy (non-hydrogen) atoms. The van der Waals surface area contributed by atoms with Crippen molar-refractivity contribution in [2.75, 3.05) is 22.1 Å². The van der Waals surface area contributed by atoms with Gasteiger partial charge in [0.15, 0.2) is 9.84 Å². The molecule has 2 heterocycles. The minimum absolute atomic E-state index is 0.0487. The molecule has 0 radical (unpaired) electrons. The fraction of sp³-hybridized carbons (Fsp3) is 0.235. The molecule has 1 saturated heterocycles. The maximum Gasteiger partial charge on any atom is 0.255 e. The van der Waals surface area contributed by atoms with Gasteiger partial charge in [-0.1, -0.05) is 6.07 Å². The van der Waals surface area contributed by atoms with Crippen LogP contribution in [0.25, 0.3) is 0 Å². The van der Waals surface area contributed by atoms with Gasteiger partial charge in [0.25, 0.3) is 5.91 Å². The van der Waals surface area contributed by atoms with E-state index in [0.29, 0.717) is 23.4 Å². The van der Waals surface area contributed by atoms with Crippen molar-refractivity contribution in [2.24, 2.45) is 5.92 Å². The third-order valence-electron chi connectivity index (χ3n) is 3.93. The van der Waals surface area contributed by atoms with Gasteiger partial charge in [0.05, 0.1) is 17.4 Å². The molecule has 1 atom stereocenters. The number of hydrogen-bond acceptors (Lipinski definition) is 5. The van der Waals surface area contributed by atoms with Crippen LogP contribution in [0.5, 0.6) is 0 Å². The van der Waals surface area contributed by atoms with Gasteiger partial charge in [-0.3, -0.25) is 14.6 Å². The summed E-state index contributed by atoms with van der Waals surface area (Å²) in [5, 5.41) is 5.45. The molecule has 0 aliphatic carbocycles. The zero-order valence-corrected chi connectivity index (χ0v) is 14.1. The van der Waals surface area contributed by atoms with Crippen LogP contribution < -0.4 is 10.6 Å². The maximum atomic E-state index is 12.2. The number of pyridine rings is 1. The zero-order valence-electron chi connectivity index (χ0n) is 13.3. The number of nitrogens with one attached hydrogen (secondary N) is 2. The molecule has 0 spiro atoms. The number of amides is 2. The highest BCUT2D eigenvalue weighted by atomic mass is 32.2. The van der Waals surface area contributed by atoms with E-state index in [-0.39, 0.29) is 23.3 Å². The first-order chi connectivity index (χ1) is 11.9. The number of hydrogen-bond donors (Lipinski definition) is 2. The van der Waals surface area contributed by atoms with Crippen molar-refractivity contribution in [2.45, 2.75) is 6.42 Å². The molecule has 0 saturated carbocycles. The van der Waals surface area contributed by atoms with Crippen molar-refractivity contribution in [3.05, 3.63) is 54.4 Å². The van der Waals surface area contributed by atoms with Crippen LogP contribution in [0.2, 0.25) is 0 Å². The average Bonchev–Trinajstić information content (AvgIpc) is 2.96. The molecule has 130 valence electrons. The first-order valence-electron chi connectivity index (χ1n) is 7.76. The predicted octanol–water partition coefficient (Wildman–Crippen LogP) is 1.71. The van der Waals surface area contributed by atoms with Gasteiger partial charge in [-0.15, -0.1) is 0 Å². The Morgan fingerprint density at radius 3 is 2.36 bits per heavy atom. The second-order valence-corrected chi connectivity index (χ2v) is 8.09. The minimum Gasteiger partial charge on any atom is -0.326 e. The van der Waals surface area contributed by atoms with Crippen LogP contribution in [0, 0.1) is 5.92 Å². The minimum atomic E-state index is -3.11. The van der Waals surface area contributed by atoms with Crippen LogP contribution in [0.1, 0.15) is 16.8 Å². The Morgan fingerprint density at radius 2 is 1.72 bits per heavy atom. The summed E-state index contributed by atoms with van der Waals surface area (Å²) in [6, 6.07) is 9.91. The molecule has 2 aromatic rings. The predicted molar refractivity (Wildman–Crippen MR) is 94.0 cm³/mol. The van der Waals surface area contributed by atoms with E-state index in [1.165, 1.54) is 12.4 Å². The molecule has 1 aliphatic heterocycles. The lowest BCUT2D eigenvalue weighted by Crippen LogP contribution is -2.23. The largest absolute Gasteiger partial charge is 0.326 e. The molecule has 1 aromatic carbocycles. The standard InChI is InChI=1S/C17H17N3O4S/c21-16(12-4-7-18-8-5-12)19-14-2-1-3-15(10-14)20-17(22)13-6-9-25(23,24)11-13/h1-5,7-8,10,13H,6,9,11H2,(H,19,21)(H,20,22). The van der Waals surface area contributed by atoms with Gasteiger partial charge < -0.3 is 10.6 Å². The van der Waals surface area contributed by atoms with Crippen LogP contribution in [0.15, 0.2) is 48.8 Å². The lowest BCUT2D eigenvalue weighted by Gasteiger charge is -2.11. The molecule has 0 bridgehead atoms. The Kier molecular flexibility index (Phi) is 4.80. The summed E-state index contributed by atoms with van der Waals surface area (Å²) in [5.74, 6) is -1.20. The SMILES string of the molecule is O=C(Nc1cccc(NC(=O)C2CCS(=O)(=O)C2)c1)c1ccncc1. The normalized spacial score (nSPS) is 18.5. The Morgan fingerprint density at radius 1 is 1.04 bits per heavy atom. The molecule has 3 rings (SSSR count). The molecule has 1 aromatic heterocycles. The highest BCUT2D eigenvalue weighted by Crippen LogP contribution is 2.22. The molecule has 1 unspecified atom stereocenters. The number of carbonyl (C=O) groups is 2. The van der Waals surface area contributed by atoms with E-state index in [1.54, 1.807) is 36.4 Å². The maximum absolute atomic E-state index is 12.2. The third kappa shape index (κ3) is 4.42. The number of aromatic nitrogens is 1. The van der Waals surface area contributed by atoms with Gasteiger partial charge in [0.1, 0.15) is 0 Å². The zero-order chi connectivity index (χ0) is 17.9. The van der Waals surface area contributed by atoms with Gasteiger partial charge in [0, 0.05) is 29.3 Å². The van der Waals surface area contributed by atoms with E-state index < -0.39 is 15.8 Å². The summed E-state index contributed by atoms with van der Waals surface area (Å²) in [6.07, 6.45) is 3.40. The van der Waals surface area contributed by atoms with Crippen molar-refractivity contribution in [1.29, 1.82) is 0 Å². The molecule has 2 N–H and O–H groups in total. The van der Waals surface area contributed by atoms with Crippen LogP contribution in [0.3, 0.4) is 0 Å². The quantitative estimate of drug-likeness (QED) is 0.864. The van der Waals surface area contributed by atoms with Gasteiger partial charge in [0.2, 0.25) is 5.91 Å². The van der Waals surface area contributed by atoms with Crippen LogP contribution in [-0.4, -0.2) is 36.7 Å². The van der Waals surface area contributed by atoms with E-state index in [1.807, 2.05) is 0 Å². The smallest absolute Gasteiger partial charge is 0.255 e. The van der Waals surface area contributed by atoms with Crippen molar-refractivity contribution in [3.8, 4) is 0 Å². The van der Waals surface area contributed by atoms with Crippen LogP contribution in [0.4, 0.5) is 11.4 Å². The molecule has 1 fully saturated rings. The average molecular weight is 359 g/mol. The lowest BCUT2D eigenvalue weighted by molar-refractivity contribution is -0.119. The molecular formula is C17H17N3O4S. The van der Waals surface area contributed by atoms with Gasteiger partial charge in [-0.05, 0) is 36.8 Å². The number of benzene rings is 1. The second-order valence-electron chi connectivity index (χ2n) is 5.86. The van der Waals surface area contributed by atoms with Crippen molar-refractivity contribution in [1.82, 2.24) is 4.98 Å². The van der Waals surface area contributed by atoms with E-state index in [9.17, 15) is 18.0 Å². The Balaban J connectivity index is 1.65. The summed E-state index contributed by atoms with van der Waals surface area (Å²) in [7, 11) is -3.11. The van der Waals surface area contributed by atoms with E-state index in [2.05, 4.69) is 15.6 Å². The fourth-order valence-corrected chi connectivity index (χ4v) is 4.37. The van der Waals surface area contributed by atoms with Crippen LogP contribution in [-0.2, 0) is 14.6 Å². The van der Waals surface area contributed by atoms with Crippen molar-refractivity contribution < 1.29 is 18.0 Å². The fourth-order valence-electron chi connectivity index (χ4n) is 2.63. The van der Waals surface area contributed by atoms with Crippen molar-refractivity contribution >= 4 is 33.0 Å². The van der Waals surface area contributed by atoms with Crippen molar-refractivity contribution in [3.63, 3.8) is 0 Å². The van der Waals surface area contributed by atoms with E-state index >= 15 is 0 Å². The Labute approximate surface area is 145 Å².